The number of carbonyl (C=O) groups is 5. The quantitative estimate of drug-likeness (QED) is 0.0612. The summed E-state index contributed by atoms with van der Waals surface area (Å²) >= 11 is 0. The van der Waals surface area contributed by atoms with Crippen molar-refractivity contribution in [2.75, 3.05) is 81.0 Å². The summed E-state index contributed by atoms with van der Waals surface area (Å²) in [6.07, 6.45) is 1.21. The molecule has 1 aliphatic heterocycles. The molecule has 0 unspecified atom stereocenters. The highest BCUT2D eigenvalue weighted by Crippen LogP contribution is 2.31. The Hall–Kier alpha value is -5.15. The van der Waals surface area contributed by atoms with Crippen LogP contribution in [0.4, 0.5) is 0 Å². The highest BCUT2D eigenvalue weighted by atomic mass is 16.5. The first-order valence-corrected chi connectivity index (χ1v) is 26.2. The van der Waals surface area contributed by atoms with Crippen molar-refractivity contribution in [3.05, 3.63) is 72.1 Å². The number of carboxylic acids is 1. The van der Waals surface area contributed by atoms with Gasteiger partial charge in [0.2, 0.25) is 35.4 Å². The molecule has 74 heavy (non-hydrogen) atoms. The van der Waals surface area contributed by atoms with E-state index in [2.05, 4.69) is 34.7 Å². The van der Waals surface area contributed by atoms with Gasteiger partial charge in [-0.1, -0.05) is 103 Å². The maximum Gasteiger partial charge on any atom is 0.305 e. The molecule has 0 radical (unpaired) electrons. The fraction of sp³-hybridized carbons (Fsp3) is 0.655. The number of likely N-dealkylation sites (tertiary alicyclic amines) is 1. The zero-order valence-corrected chi connectivity index (χ0v) is 45.7. The third-order valence-corrected chi connectivity index (χ3v) is 14.0. The predicted molar refractivity (Wildman–Crippen MR) is 280 cm³/mol. The molecular weight excluding hydrogens is 951 g/mol. The summed E-state index contributed by atoms with van der Waals surface area (Å²) in [6, 6.07) is 16.4. The number of hydrogen-bond donors (Lipinski definition) is 3. The molecule has 9 atom stereocenters. The minimum atomic E-state index is -0.914. The van der Waals surface area contributed by atoms with Crippen LogP contribution in [0.5, 0.6) is 0 Å². The summed E-state index contributed by atoms with van der Waals surface area (Å²) in [4.78, 5) is 73.5. The van der Waals surface area contributed by atoms with Crippen LogP contribution in [0, 0.1) is 23.7 Å². The van der Waals surface area contributed by atoms with Crippen LogP contribution in [0.1, 0.15) is 98.1 Å². The first kappa shape index (κ1) is 61.4. The Bertz CT molecular complexity index is 2150. The number of imide groups is 1. The van der Waals surface area contributed by atoms with Gasteiger partial charge in [0, 0.05) is 45.3 Å². The van der Waals surface area contributed by atoms with E-state index in [0.29, 0.717) is 58.2 Å². The number of nitrogens with zero attached hydrogens (tertiary/aromatic N) is 5. The van der Waals surface area contributed by atoms with Gasteiger partial charge in [-0.05, 0) is 62.4 Å². The van der Waals surface area contributed by atoms with E-state index in [9.17, 15) is 24.0 Å². The lowest BCUT2D eigenvalue weighted by atomic mass is 9.87. The highest BCUT2D eigenvalue weighted by molar-refractivity contribution is 6.00. The molecule has 19 heteroatoms. The first-order chi connectivity index (χ1) is 35.4. The van der Waals surface area contributed by atoms with Gasteiger partial charge in [0.1, 0.15) is 6.04 Å². The fourth-order valence-corrected chi connectivity index (χ4v) is 10.1. The molecule has 4 amide bonds. The summed E-state index contributed by atoms with van der Waals surface area (Å²) in [5, 5.41) is 23.3. The molecule has 0 aliphatic carbocycles. The Morgan fingerprint density at radius 3 is 1.96 bits per heavy atom. The van der Waals surface area contributed by atoms with Gasteiger partial charge in [-0.15, -0.1) is 10.2 Å². The number of likely N-dealkylation sites (N-methyl/N-ethyl adjacent to an activating group) is 2. The van der Waals surface area contributed by atoms with Gasteiger partial charge in [0.25, 0.3) is 0 Å². The van der Waals surface area contributed by atoms with E-state index in [4.69, 9.17) is 33.2 Å². The lowest BCUT2D eigenvalue weighted by Gasteiger charge is -2.43. The smallest absolute Gasteiger partial charge is 0.305 e. The van der Waals surface area contributed by atoms with Crippen molar-refractivity contribution < 1.29 is 57.2 Å². The summed E-state index contributed by atoms with van der Waals surface area (Å²) in [5.74, 6) is -2.60. The van der Waals surface area contributed by atoms with E-state index in [1.807, 2.05) is 124 Å². The molecule has 4 rings (SSSR count). The monoisotopic (exact) mass is 1040 g/mol. The molecule has 1 fully saturated rings. The molecule has 19 nitrogen and oxygen atoms in total. The zero-order valence-electron chi connectivity index (χ0n) is 45.7. The van der Waals surface area contributed by atoms with Crippen LogP contribution in [0.3, 0.4) is 0 Å². The maximum absolute atomic E-state index is 14.6. The minimum Gasteiger partial charge on any atom is -0.481 e. The highest BCUT2D eigenvalue weighted by Gasteiger charge is 2.44. The second kappa shape index (κ2) is 31.7. The number of carbonyl (C=O) groups excluding carboxylic acids is 4. The number of amides is 4. The Balaban J connectivity index is 1.41. The van der Waals surface area contributed by atoms with E-state index < -0.39 is 66.1 Å². The Morgan fingerprint density at radius 1 is 0.784 bits per heavy atom. The SMILES string of the molecule is CC[C@H](C)[C@@H]([C@@H](CC(=O)N1CCC[C@H]1[C@H](OC)[C@@H](C)C(=O)N[C@@H](Cc1ccccc1)c1nnc(-c2ccccc2)o1)OC)N(C)[C@H](C(=O)NC(=O)[C@H](C(C)C)N(C)CCOCCOCCOCCC(=O)O)C(C)C. The van der Waals surface area contributed by atoms with Gasteiger partial charge in [0.05, 0.1) is 88.7 Å². The number of ether oxygens (including phenoxy) is 5. The topological polar surface area (TPSA) is 224 Å². The van der Waals surface area contributed by atoms with Crippen molar-refractivity contribution in [1.82, 2.24) is 35.5 Å². The molecule has 2 aromatic carbocycles. The molecule has 3 N–H and O–H groups in total. The second-order valence-electron chi connectivity index (χ2n) is 20.1. The lowest BCUT2D eigenvalue weighted by Crippen LogP contribution is -2.60. The molecule has 0 spiro atoms. The van der Waals surface area contributed by atoms with E-state index in [0.717, 1.165) is 24.0 Å². The van der Waals surface area contributed by atoms with Crippen molar-refractivity contribution >= 4 is 29.6 Å². The molecule has 412 valence electrons. The summed E-state index contributed by atoms with van der Waals surface area (Å²) in [7, 11) is 6.84. The van der Waals surface area contributed by atoms with Gasteiger partial charge in [-0.3, -0.25) is 39.1 Å². The van der Waals surface area contributed by atoms with Crippen LogP contribution < -0.4 is 10.6 Å². The van der Waals surface area contributed by atoms with Gasteiger partial charge >= 0.3 is 5.97 Å². The van der Waals surface area contributed by atoms with Crippen LogP contribution in [0.2, 0.25) is 0 Å². The number of methoxy groups -OCH3 is 2. The molecule has 3 aromatic rings. The van der Waals surface area contributed by atoms with Crippen molar-refractivity contribution in [1.29, 1.82) is 0 Å². The summed E-state index contributed by atoms with van der Waals surface area (Å²) in [6.45, 7) is 16.3. The number of hydrogen-bond acceptors (Lipinski definition) is 15. The largest absolute Gasteiger partial charge is 0.481 e. The lowest BCUT2D eigenvalue weighted by molar-refractivity contribution is -0.144. The Labute approximate surface area is 438 Å². The van der Waals surface area contributed by atoms with Gasteiger partial charge in [-0.2, -0.15) is 0 Å². The molecule has 0 bridgehead atoms. The molecule has 1 aromatic heterocycles. The standard InChI is InChI=1S/C55H85N7O12/c1-12-38(6)49(61(9)48(37(4)5)53(68)57-52(67)47(36(2)3)60(8)27-29-72-31-33-73-32-30-71-28-25-46(64)65)44(69-10)35-45(63)62-26-19-24-43(62)50(70-11)39(7)51(66)56-42(34-40-20-15-13-16-21-40)55-59-58-54(74-55)41-22-17-14-18-23-41/h13-18,20-23,36-39,42-44,47-50H,12,19,24-35H2,1-11H3,(H,56,66)(H,64,65)(H,57,67,68)/t38-,39+,42-,43-,44+,47-,48-,49-,50+/m0/s1. The van der Waals surface area contributed by atoms with E-state index in [-0.39, 0.29) is 61.5 Å². The molecule has 0 saturated carbocycles. The molecule has 1 saturated heterocycles. The van der Waals surface area contributed by atoms with Crippen molar-refractivity contribution in [3.63, 3.8) is 0 Å². The second-order valence-corrected chi connectivity index (χ2v) is 20.1. The van der Waals surface area contributed by atoms with Gasteiger partial charge in [-0.25, -0.2) is 0 Å². The number of aliphatic carboxylic acids is 1. The summed E-state index contributed by atoms with van der Waals surface area (Å²) in [5.41, 5.74) is 1.74. The van der Waals surface area contributed by atoms with Crippen molar-refractivity contribution in [2.24, 2.45) is 23.7 Å². The number of nitrogens with one attached hydrogen (secondary N) is 2. The maximum atomic E-state index is 14.6. The van der Waals surface area contributed by atoms with E-state index >= 15 is 0 Å². The van der Waals surface area contributed by atoms with Crippen molar-refractivity contribution in [2.45, 2.75) is 129 Å². The summed E-state index contributed by atoms with van der Waals surface area (Å²) < 4.78 is 34.9. The molecular formula is C55H85N7O12. The normalized spacial score (nSPS) is 17.2. The van der Waals surface area contributed by atoms with E-state index in [1.165, 1.54) is 0 Å². The first-order valence-electron chi connectivity index (χ1n) is 26.2. The van der Waals surface area contributed by atoms with Crippen LogP contribution >= 0.6 is 0 Å². The predicted octanol–water partition coefficient (Wildman–Crippen LogP) is 5.68. The fourth-order valence-electron chi connectivity index (χ4n) is 10.1. The number of aromatic nitrogens is 2. The number of benzene rings is 2. The zero-order chi connectivity index (χ0) is 54.3. The molecule has 2 heterocycles. The minimum absolute atomic E-state index is 0.0177. The van der Waals surface area contributed by atoms with Crippen LogP contribution in [0.15, 0.2) is 65.1 Å². The van der Waals surface area contributed by atoms with Gasteiger partial charge < -0.3 is 43.4 Å². The average molecular weight is 1040 g/mol. The van der Waals surface area contributed by atoms with Crippen LogP contribution in [-0.2, 0) is 54.1 Å². The molecule has 1 aliphatic rings. The van der Waals surface area contributed by atoms with Crippen molar-refractivity contribution in [3.8, 4) is 11.5 Å². The Kier molecular flexibility index (Phi) is 26.3. The van der Waals surface area contributed by atoms with E-state index in [1.54, 1.807) is 14.2 Å². The number of carboxylic acid groups (broad SMARTS) is 1. The third-order valence-electron chi connectivity index (χ3n) is 14.0. The number of rotatable bonds is 34. The average Bonchev–Trinajstić information content (AvgIpc) is 4.07. The van der Waals surface area contributed by atoms with Gasteiger partial charge in [0.15, 0.2) is 0 Å². The third kappa shape index (κ3) is 18.3. The van der Waals surface area contributed by atoms with Crippen LogP contribution in [-0.4, -0.2) is 177 Å². The van der Waals surface area contributed by atoms with Crippen LogP contribution in [0.25, 0.3) is 11.5 Å². The Morgan fingerprint density at radius 2 is 1.38 bits per heavy atom.